The van der Waals surface area contributed by atoms with Crippen LogP contribution in [-0.2, 0) is 18.4 Å². The molecule has 0 N–H and O–H groups in total. The number of hydrogen-bond donors (Lipinski definition) is 0. The topological polar surface area (TPSA) is 32.3 Å². The van der Waals surface area contributed by atoms with Gasteiger partial charge in [0.25, 0.3) is 0 Å². The Hall–Kier alpha value is -2.14. The molecule has 6 heteroatoms. The summed E-state index contributed by atoms with van der Waals surface area (Å²) in [6.07, 6.45) is 6.20. The summed E-state index contributed by atoms with van der Waals surface area (Å²) in [6, 6.07) is 14.7. The Kier molecular flexibility index (Phi) is 5.36. The number of rotatable bonds is 3. The number of likely N-dealkylation sites (tertiary alicyclic amines) is 1. The van der Waals surface area contributed by atoms with E-state index in [0.29, 0.717) is 5.92 Å². The predicted octanol–water partition coefficient (Wildman–Crippen LogP) is 6.52. The number of anilines is 2. The van der Waals surface area contributed by atoms with Crippen LogP contribution in [0.4, 0.5) is 11.5 Å². The van der Waals surface area contributed by atoms with Crippen molar-refractivity contribution >= 4 is 34.7 Å². The lowest BCUT2D eigenvalue weighted by atomic mass is 9.74. The fraction of sp³-hybridized carbons (Fsp3) is 0.407. The van der Waals surface area contributed by atoms with Crippen LogP contribution in [0.1, 0.15) is 54.5 Å². The second kappa shape index (κ2) is 8.26. The molecule has 2 aromatic carbocycles. The summed E-state index contributed by atoms with van der Waals surface area (Å²) in [4.78, 5) is 14.4. The number of fused-ring (bicyclic) bond motifs is 3. The molecule has 2 aliphatic heterocycles. The minimum Gasteiger partial charge on any atom is -0.325 e. The molecule has 3 aromatic rings. The molecule has 33 heavy (non-hydrogen) atoms. The van der Waals surface area contributed by atoms with Gasteiger partial charge in [-0.15, -0.1) is 0 Å². The van der Waals surface area contributed by atoms with E-state index < -0.39 is 0 Å². The summed E-state index contributed by atoms with van der Waals surface area (Å²) >= 11 is 12.6. The molecule has 1 spiro atoms. The van der Waals surface area contributed by atoms with Gasteiger partial charge in [0, 0.05) is 45.5 Å². The summed E-state index contributed by atoms with van der Waals surface area (Å²) in [6.45, 7) is 6.38. The standard InChI is InChI=1S/C27H28Cl2N4/c1-18-2-8-23-25(18)26(31-17-30-23)33-16-27(22-14-21(29)7-9-24(22)33)10-12-32(13-11-27)15-19-3-5-20(28)6-4-19/h3-7,9,14,17-18H,2,8,10-13,15-16H2,1H3/t18-/m1/s1. The first-order valence-electron chi connectivity index (χ1n) is 11.9. The van der Waals surface area contributed by atoms with Crippen molar-refractivity contribution in [1.29, 1.82) is 0 Å². The minimum atomic E-state index is 0.108. The van der Waals surface area contributed by atoms with E-state index in [0.717, 1.165) is 67.7 Å². The highest BCUT2D eigenvalue weighted by molar-refractivity contribution is 6.31. The van der Waals surface area contributed by atoms with E-state index in [4.69, 9.17) is 28.2 Å². The third-order valence-electron chi connectivity index (χ3n) is 7.92. The van der Waals surface area contributed by atoms with E-state index >= 15 is 0 Å². The average molecular weight is 479 g/mol. The van der Waals surface area contributed by atoms with E-state index in [1.165, 1.54) is 28.1 Å². The summed E-state index contributed by atoms with van der Waals surface area (Å²) in [5.74, 6) is 1.61. The maximum absolute atomic E-state index is 6.52. The molecule has 6 rings (SSSR count). The van der Waals surface area contributed by atoms with Gasteiger partial charge in [-0.25, -0.2) is 9.97 Å². The molecule has 0 bridgehead atoms. The van der Waals surface area contributed by atoms with E-state index in [1.807, 2.05) is 18.2 Å². The molecule has 0 amide bonds. The number of halogens is 2. The van der Waals surface area contributed by atoms with E-state index in [-0.39, 0.29) is 5.41 Å². The number of benzene rings is 2. The molecule has 1 aromatic heterocycles. The molecule has 0 unspecified atom stereocenters. The van der Waals surface area contributed by atoms with Crippen molar-refractivity contribution in [1.82, 2.24) is 14.9 Å². The van der Waals surface area contributed by atoms with Gasteiger partial charge in [-0.05, 0) is 86.1 Å². The summed E-state index contributed by atoms with van der Waals surface area (Å²) in [7, 11) is 0. The number of aryl methyl sites for hydroxylation is 1. The zero-order chi connectivity index (χ0) is 22.6. The molecule has 1 fully saturated rings. The van der Waals surface area contributed by atoms with Crippen molar-refractivity contribution in [3.05, 3.63) is 81.2 Å². The monoisotopic (exact) mass is 478 g/mol. The van der Waals surface area contributed by atoms with Crippen LogP contribution in [0.2, 0.25) is 10.0 Å². The van der Waals surface area contributed by atoms with Crippen molar-refractivity contribution in [2.75, 3.05) is 24.5 Å². The number of nitrogens with zero attached hydrogens (tertiary/aromatic N) is 4. The van der Waals surface area contributed by atoms with Crippen molar-refractivity contribution in [2.45, 2.75) is 50.5 Å². The van der Waals surface area contributed by atoms with E-state index in [1.54, 1.807) is 6.33 Å². The van der Waals surface area contributed by atoms with Gasteiger partial charge in [-0.2, -0.15) is 0 Å². The molecule has 1 atom stereocenters. The third-order valence-corrected chi connectivity index (χ3v) is 8.41. The molecule has 3 heterocycles. The van der Waals surface area contributed by atoms with Gasteiger partial charge in [0.1, 0.15) is 12.1 Å². The van der Waals surface area contributed by atoms with Gasteiger partial charge in [-0.1, -0.05) is 42.3 Å². The largest absolute Gasteiger partial charge is 0.325 e. The van der Waals surface area contributed by atoms with Crippen molar-refractivity contribution in [2.24, 2.45) is 0 Å². The van der Waals surface area contributed by atoms with Crippen molar-refractivity contribution in [3.63, 3.8) is 0 Å². The van der Waals surface area contributed by atoms with Crippen molar-refractivity contribution < 1.29 is 0 Å². The Morgan fingerprint density at radius 1 is 1.00 bits per heavy atom. The Balaban J connectivity index is 1.30. The van der Waals surface area contributed by atoms with Crippen molar-refractivity contribution in [3.8, 4) is 0 Å². The van der Waals surface area contributed by atoms with Gasteiger partial charge >= 0.3 is 0 Å². The van der Waals surface area contributed by atoms with Gasteiger partial charge in [0.2, 0.25) is 0 Å². The van der Waals surface area contributed by atoms with Gasteiger partial charge in [0.05, 0.1) is 0 Å². The van der Waals surface area contributed by atoms with Crippen LogP contribution in [0.25, 0.3) is 0 Å². The average Bonchev–Trinajstić information content (AvgIpc) is 3.35. The lowest BCUT2D eigenvalue weighted by Crippen LogP contribution is -2.44. The fourth-order valence-corrected chi connectivity index (χ4v) is 6.38. The zero-order valence-electron chi connectivity index (χ0n) is 18.9. The first kappa shape index (κ1) is 21.4. The minimum absolute atomic E-state index is 0.108. The summed E-state index contributed by atoms with van der Waals surface area (Å²) in [5.41, 5.74) is 6.65. The van der Waals surface area contributed by atoms with Crippen LogP contribution in [0.3, 0.4) is 0 Å². The second-order valence-electron chi connectivity index (χ2n) is 9.93. The third kappa shape index (κ3) is 3.73. The maximum atomic E-state index is 6.52. The molecule has 0 radical (unpaired) electrons. The van der Waals surface area contributed by atoms with E-state index in [9.17, 15) is 0 Å². The Labute approximate surface area is 205 Å². The normalized spacial score (nSPS) is 21.4. The highest BCUT2D eigenvalue weighted by atomic mass is 35.5. The number of hydrogen-bond acceptors (Lipinski definition) is 4. The highest BCUT2D eigenvalue weighted by Crippen LogP contribution is 2.52. The Bertz CT molecular complexity index is 1190. The fourth-order valence-electron chi connectivity index (χ4n) is 6.08. The first-order valence-corrected chi connectivity index (χ1v) is 12.7. The molecular weight excluding hydrogens is 451 g/mol. The molecule has 4 nitrogen and oxygen atoms in total. The second-order valence-corrected chi connectivity index (χ2v) is 10.8. The molecular formula is C27H28Cl2N4. The Morgan fingerprint density at radius 3 is 2.55 bits per heavy atom. The molecule has 3 aliphatic rings. The van der Waals surface area contributed by atoms with Crippen LogP contribution >= 0.6 is 23.2 Å². The van der Waals surface area contributed by atoms with Gasteiger partial charge in [0.15, 0.2) is 0 Å². The smallest absolute Gasteiger partial charge is 0.140 e. The lowest BCUT2D eigenvalue weighted by molar-refractivity contribution is 0.160. The lowest BCUT2D eigenvalue weighted by Gasteiger charge is -2.40. The Morgan fingerprint density at radius 2 is 1.76 bits per heavy atom. The van der Waals surface area contributed by atoms with Crippen LogP contribution in [0, 0.1) is 0 Å². The SMILES string of the molecule is C[C@@H]1CCc2ncnc(N3CC4(CCN(Cc5ccc(Cl)cc5)CC4)c4cc(Cl)ccc43)c21. The van der Waals surface area contributed by atoms with Crippen LogP contribution < -0.4 is 4.90 Å². The van der Waals surface area contributed by atoms with Gasteiger partial charge in [-0.3, -0.25) is 4.90 Å². The van der Waals surface area contributed by atoms with Crippen LogP contribution in [-0.4, -0.2) is 34.5 Å². The molecule has 170 valence electrons. The summed E-state index contributed by atoms with van der Waals surface area (Å²) < 4.78 is 0. The molecule has 1 saturated heterocycles. The molecule has 0 saturated carbocycles. The van der Waals surface area contributed by atoms with Crippen LogP contribution in [0.5, 0.6) is 0 Å². The number of aromatic nitrogens is 2. The number of piperidine rings is 1. The highest BCUT2D eigenvalue weighted by Gasteiger charge is 2.46. The quantitative estimate of drug-likeness (QED) is 0.428. The predicted molar refractivity (Wildman–Crippen MR) is 135 cm³/mol. The van der Waals surface area contributed by atoms with Crippen LogP contribution in [0.15, 0.2) is 48.8 Å². The van der Waals surface area contributed by atoms with E-state index in [2.05, 4.69) is 46.0 Å². The maximum Gasteiger partial charge on any atom is 0.140 e. The summed E-state index contributed by atoms with van der Waals surface area (Å²) in [5, 5.41) is 1.61. The first-order chi connectivity index (χ1) is 16.0. The van der Waals surface area contributed by atoms with Gasteiger partial charge < -0.3 is 4.90 Å². The molecule has 1 aliphatic carbocycles. The zero-order valence-corrected chi connectivity index (χ0v) is 20.4.